The van der Waals surface area contributed by atoms with Crippen molar-refractivity contribution in [1.82, 2.24) is 10.2 Å². The zero-order chi connectivity index (χ0) is 15.6. The summed E-state index contributed by atoms with van der Waals surface area (Å²) in [6, 6.07) is 9.84. The molecule has 4 nitrogen and oxygen atoms in total. The number of nitrogens with zero attached hydrogens (tertiary/aromatic N) is 1. The van der Waals surface area contributed by atoms with Crippen LogP contribution in [0, 0.1) is 0 Å². The lowest BCUT2D eigenvalue weighted by Crippen LogP contribution is -2.13. The molecular formula is C17H15N3OS2. The fourth-order valence-corrected chi connectivity index (χ4v) is 3.78. The zero-order valence-corrected chi connectivity index (χ0v) is 13.9. The highest BCUT2D eigenvalue weighted by molar-refractivity contribution is 7.12. The van der Waals surface area contributed by atoms with Crippen molar-refractivity contribution in [3.8, 4) is 0 Å². The van der Waals surface area contributed by atoms with Gasteiger partial charge in [-0.3, -0.25) is 9.89 Å². The average molecular weight is 341 g/mol. The maximum Gasteiger partial charge on any atom is 0.258 e. The van der Waals surface area contributed by atoms with Crippen LogP contribution < -0.4 is 5.32 Å². The number of aromatic nitrogens is 2. The molecule has 4 rings (SSSR count). The Bertz CT molecular complexity index is 827. The summed E-state index contributed by atoms with van der Waals surface area (Å²) in [6.45, 7) is 0. The Morgan fingerprint density at radius 1 is 1.26 bits per heavy atom. The molecule has 0 unspecified atom stereocenters. The van der Waals surface area contributed by atoms with Crippen LogP contribution in [0.3, 0.4) is 0 Å². The van der Waals surface area contributed by atoms with Gasteiger partial charge < -0.3 is 5.32 Å². The van der Waals surface area contributed by atoms with Gasteiger partial charge in [0.2, 0.25) is 0 Å². The summed E-state index contributed by atoms with van der Waals surface area (Å²) in [4.78, 5) is 14.7. The van der Waals surface area contributed by atoms with E-state index >= 15 is 0 Å². The van der Waals surface area contributed by atoms with E-state index in [9.17, 15) is 4.79 Å². The summed E-state index contributed by atoms with van der Waals surface area (Å²) in [7, 11) is 0. The number of hydrogen-bond acceptors (Lipinski definition) is 4. The number of anilines is 1. The summed E-state index contributed by atoms with van der Waals surface area (Å²) in [6.07, 6.45) is 4.34. The molecule has 0 aromatic carbocycles. The second kappa shape index (κ2) is 6.14. The topological polar surface area (TPSA) is 57.8 Å². The minimum Gasteiger partial charge on any atom is -0.305 e. The number of nitrogens with one attached hydrogen (secondary N) is 2. The summed E-state index contributed by atoms with van der Waals surface area (Å²) >= 11 is 3.17. The van der Waals surface area contributed by atoms with Gasteiger partial charge >= 0.3 is 0 Å². The van der Waals surface area contributed by atoms with Crippen molar-refractivity contribution >= 4 is 46.0 Å². The summed E-state index contributed by atoms with van der Waals surface area (Å²) in [5.41, 5.74) is 1.78. The summed E-state index contributed by atoms with van der Waals surface area (Å²) in [5, 5.41) is 14.1. The molecule has 0 bridgehead atoms. The molecule has 6 heteroatoms. The summed E-state index contributed by atoms with van der Waals surface area (Å²) < 4.78 is 0. The first kappa shape index (κ1) is 14.4. The van der Waals surface area contributed by atoms with Crippen LogP contribution in [0.5, 0.6) is 0 Å². The molecule has 1 aliphatic rings. The van der Waals surface area contributed by atoms with Crippen LogP contribution in [0.4, 0.5) is 5.82 Å². The van der Waals surface area contributed by atoms with Crippen LogP contribution in [-0.4, -0.2) is 16.1 Å². The van der Waals surface area contributed by atoms with Gasteiger partial charge in [-0.25, -0.2) is 0 Å². The van der Waals surface area contributed by atoms with Crippen molar-refractivity contribution in [3.63, 3.8) is 0 Å². The van der Waals surface area contributed by atoms with E-state index in [1.54, 1.807) is 22.7 Å². The second-order valence-electron chi connectivity index (χ2n) is 5.49. The SMILES string of the molecule is O=C(Nc1cc(C2CC2)[nH]n1)/C(=C/c1cccs1)c1cccs1. The Morgan fingerprint density at radius 3 is 2.78 bits per heavy atom. The number of amides is 1. The van der Waals surface area contributed by atoms with E-state index in [4.69, 9.17) is 0 Å². The third-order valence-electron chi connectivity index (χ3n) is 3.72. The molecule has 3 aromatic rings. The van der Waals surface area contributed by atoms with E-state index in [1.165, 1.54) is 12.8 Å². The lowest BCUT2D eigenvalue weighted by atomic mass is 10.1. The fourth-order valence-electron chi connectivity index (χ4n) is 2.38. The van der Waals surface area contributed by atoms with Gasteiger partial charge in [-0.2, -0.15) is 5.10 Å². The average Bonchev–Trinajstić information content (AvgIpc) is 3.02. The molecule has 3 heterocycles. The third kappa shape index (κ3) is 3.28. The Kier molecular flexibility index (Phi) is 3.85. The van der Waals surface area contributed by atoms with E-state index in [0.29, 0.717) is 17.3 Å². The molecule has 0 spiro atoms. The smallest absolute Gasteiger partial charge is 0.258 e. The van der Waals surface area contributed by atoms with Crippen LogP contribution in [0.25, 0.3) is 11.6 Å². The first-order valence-corrected chi connectivity index (χ1v) is 9.21. The number of rotatable bonds is 5. The molecule has 1 fully saturated rings. The molecule has 23 heavy (non-hydrogen) atoms. The minimum absolute atomic E-state index is 0.130. The predicted octanol–water partition coefficient (Wildman–Crippen LogP) is 4.59. The molecular weight excluding hydrogens is 326 g/mol. The number of aromatic amines is 1. The largest absolute Gasteiger partial charge is 0.305 e. The van der Waals surface area contributed by atoms with Gasteiger partial charge in [0.05, 0.1) is 5.57 Å². The molecule has 1 amide bonds. The highest BCUT2D eigenvalue weighted by Gasteiger charge is 2.26. The van der Waals surface area contributed by atoms with Gasteiger partial charge in [0.15, 0.2) is 5.82 Å². The zero-order valence-electron chi connectivity index (χ0n) is 12.3. The molecule has 1 saturated carbocycles. The first-order valence-electron chi connectivity index (χ1n) is 7.45. The van der Waals surface area contributed by atoms with Crippen molar-refractivity contribution in [2.75, 3.05) is 5.32 Å². The third-order valence-corrected chi connectivity index (χ3v) is 5.44. The second-order valence-corrected chi connectivity index (χ2v) is 7.41. The van der Waals surface area contributed by atoms with Gasteiger partial charge in [-0.05, 0) is 41.8 Å². The first-order chi connectivity index (χ1) is 11.3. The highest BCUT2D eigenvalue weighted by Crippen LogP contribution is 2.39. The van der Waals surface area contributed by atoms with Gasteiger partial charge in [0.1, 0.15) is 0 Å². The minimum atomic E-state index is -0.130. The van der Waals surface area contributed by atoms with Crippen molar-refractivity contribution < 1.29 is 4.79 Å². The Balaban J connectivity index is 1.59. The van der Waals surface area contributed by atoms with Gasteiger partial charge in [-0.1, -0.05) is 12.1 Å². The molecule has 0 radical (unpaired) electrons. The Labute approximate surface area is 141 Å². The van der Waals surface area contributed by atoms with Crippen molar-refractivity contribution in [2.24, 2.45) is 0 Å². The van der Waals surface area contributed by atoms with Crippen LogP contribution in [0.15, 0.2) is 41.1 Å². The van der Waals surface area contributed by atoms with Gasteiger partial charge in [-0.15, -0.1) is 22.7 Å². The van der Waals surface area contributed by atoms with Crippen LogP contribution in [0.1, 0.15) is 34.2 Å². The quantitative estimate of drug-likeness (QED) is 0.667. The standard InChI is InChI=1S/C17H15N3OS2/c21-17(18-16-10-14(19-20-16)11-5-6-11)13(15-4-2-8-23-15)9-12-3-1-7-22-12/h1-4,7-11H,5-6H2,(H2,18,19,20,21)/b13-9+. The van der Waals surface area contributed by atoms with Gasteiger partial charge in [0.25, 0.3) is 5.91 Å². The predicted molar refractivity (Wildman–Crippen MR) is 95.7 cm³/mol. The monoisotopic (exact) mass is 341 g/mol. The van der Waals surface area contributed by atoms with Crippen molar-refractivity contribution in [1.29, 1.82) is 0 Å². The number of H-pyrrole nitrogens is 1. The summed E-state index contributed by atoms with van der Waals surface area (Å²) in [5.74, 6) is 1.05. The molecule has 3 aromatic heterocycles. The van der Waals surface area contributed by atoms with Crippen LogP contribution in [-0.2, 0) is 4.79 Å². The van der Waals surface area contributed by atoms with E-state index in [-0.39, 0.29) is 5.91 Å². The Hall–Kier alpha value is -2.18. The lowest BCUT2D eigenvalue weighted by Gasteiger charge is -2.05. The van der Waals surface area contributed by atoms with E-state index in [1.807, 2.05) is 47.2 Å². The van der Waals surface area contributed by atoms with Gasteiger partial charge in [0, 0.05) is 27.4 Å². The van der Waals surface area contributed by atoms with Crippen LogP contribution >= 0.6 is 22.7 Å². The molecule has 0 saturated heterocycles. The molecule has 116 valence electrons. The van der Waals surface area contributed by atoms with E-state index in [0.717, 1.165) is 15.4 Å². The molecule has 0 aliphatic heterocycles. The number of hydrogen-bond donors (Lipinski definition) is 2. The van der Waals surface area contributed by atoms with Crippen LogP contribution in [0.2, 0.25) is 0 Å². The maximum atomic E-state index is 12.7. The normalized spacial score (nSPS) is 14.9. The van der Waals surface area contributed by atoms with E-state index < -0.39 is 0 Å². The van der Waals surface area contributed by atoms with E-state index in [2.05, 4.69) is 15.5 Å². The molecule has 1 aliphatic carbocycles. The number of thiophene rings is 2. The fraction of sp³-hybridized carbons (Fsp3) is 0.176. The number of carbonyl (C=O) groups is 1. The van der Waals surface area contributed by atoms with Crippen molar-refractivity contribution in [2.45, 2.75) is 18.8 Å². The van der Waals surface area contributed by atoms with Crippen molar-refractivity contribution in [3.05, 3.63) is 56.5 Å². The lowest BCUT2D eigenvalue weighted by molar-refractivity contribution is -0.111. The highest BCUT2D eigenvalue weighted by atomic mass is 32.1. The maximum absolute atomic E-state index is 12.7. The molecule has 0 atom stereocenters. The molecule has 2 N–H and O–H groups in total. The Morgan fingerprint density at radius 2 is 2.09 bits per heavy atom. The number of carbonyl (C=O) groups excluding carboxylic acids is 1.